The molecule has 0 bridgehead atoms. The number of nitrogens with zero attached hydrogens (tertiary/aromatic N) is 1. The third-order valence-corrected chi connectivity index (χ3v) is 5.08. The highest BCUT2D eigenvalue weighted by molar-refractivity contribution is 7.90. The molecule has 0 aliphatic carbocycles. The Morgan fingerprint density at radius 2 is 2.25 bits per heavy atom. The van der Waals surface area contributed by atoms with Crippen LogP contribution in [0.5, 0.6) is 0 Å². The SMILES string of the molecule is Cc1ccc(F)cc1NS(=O)(=O)N1CCCC(CN)C1. The van der Waals surface area contributed by atoms with Crippen LogP contribution in [0.15, 0.2) is 18.2 Å². The van der Waals surface area contributed by atoms with E-state index in [4.69, 9.17) is 5.73 Å². The maximum absolute atomic E-state index is 13.2. The van der Waals surface area contributed by atoms with Crippen LogP contribution in [0.1, 0.15) is 18.4 Å². The molecule has 3 N–H and O–H groups in total. The van der Waals surface area contributed by atoms with Gasteiger partial charge in [-0.1, -0.05) is 6.07 Å². The molecular formula is C13H20FN3O2S. The van der Waals surface area contributed by atoms with E-state index in [0.717, 1.165) is 12.8 Å². The summed E-state index contributed by atoms with van der Waals surface area (Å²) in [5.74, 6) is -0.277. The van der Waals surface area contributed by atoms with E-state index in [-0.39, 0.29) is 11.6 Å². The minimum absolute atomic E-state index is 0.189. The second-order valence-corrected chi connectivity index (χ2v) is 6.84. The van der Waals surface area contributed by atoms with Gasteiger partial charge in [0.15, 0.2) is 0 Å². The standard InChI is InChI=1S/C13H20FN3O2S/c1-10-4-5-12(14)7-13(10)16-20(18,19)17-6-2-3-11(8-15)9-17/h4-5,7,11,16H,2-3,6,8-9,15H2,1H3. The molecule has 1 saturated heterocycles. The Bertz CT molecular complexity index is 577. The number of piperidine rings is 1. The smallest absolute Gasteiger partial charge is 0.301 e. The second-order valence-electron chi connectivity index (χ2n) is 5.17. The molecular weight excluding hydrogens is 281 g/mol. The summed E-state index contributed by atoms with van der Waals surface area (Å²) in [5, 5.41) is 0. The van der Waals surface area contributed by atoms with E-state index < -0.39 is 16.0 Å². The van der Waals surface area contributed by atoms with Crippen LogP contribution in [0.2, 0.25) is 0 Å². The fourth-order valence-electron chi connectivity index (χ4n) is 2.35. The van der Waals surface area contributed by atoms with Crippen molar-refractivity contribution < 1.29 is 12.8 Å². The number of aryl methyl sites for hydroxylation is 1. The zero-order valence-corrected chi connectivity index (χ0v) is 12.3. The lowest BCUT2D eigenvalue weighted by Gasteiger charge is -2.31. The molecule has 0 spiro atoms. The molecule has 0 aromatic heterocycles. The molecule has 1 unspecified atom stereocenters. The van der Waals surface area contributed by atoms with Gasteiger partial charge in [-0.2, -0.15) is 12.7 Å². The van der Waals surface area contributed by atoms with E-state index in [2.05, 4.69) is 4.72 Å². The van der Waals surface area contributed by atoms with Crippen molar-refractivity contribution in [3.63, 3.8) is 0 Å². The highest BCUT2D eigenvalue weighted by Crippen LogP contribution is 2.22. The van der Waals surface area contributed by atoms with E-state index >= 15 is 0 Å². The Morgan fingerprint density at radius 1 is 1.50 bits per heavy atom. The largest absolute Gasteiger partial charge is 0.330 e. The maximum atomic E-state index is 13.2. The van der Waals surface area contributed by atoms with Gasteiger partial charge in [-0.3, -0.25) is 4.72 Å². The maximum Gasteiger partial charge on any atom is 0.301 e. The number of hydrogen-bond acceptors (Lipinski definition) is 3. The van der Waals surface area contributed by atoms with E-state index in [9.17, 15) is 12.8 Å². The third-order valence-electron chi connectivity index (χ3n) is 3.59. The first kappa shape index (κ1) is 15.2. The zero-order chi connectivity index (χ0) is 14.8. The molecule has 1 fully saturated rings. The summed E-state index contributed by atoms with van der Waals surface area (Å²) in [7, 11) is -3.66. The van der Waals surface area contributed by atoms with Crippen LogP contribution in [0.3, 0.4) is 0 Å². The highest BCUT2D eigenvalue weighted by Gasteiger charge is 2.28. The lowest BCUT2D eigenvalue weighted by Crippen LogP contribution is -2.44. The van der Waals surface area contributed by atoms with Gasteiger partial charge in [0, 0.05) is 13.1 Å². The van der Waals surface area contributed by atoms with Gasteiger partial charge in [-0.05, 0) is 49.9 Å². The van der Waals surface area contributed by atoms with Crippen molar-refractivity contribution >= 4 is 15.9 Å². The van der Waals surface area contributed by atoms with Crippen molar-refractivity contribution in [2.75, 3.05) is 24.4 Å². The Labute approximate surface area is 119 Å². The molecule has 112 valence electrons. The summed E-state index contributed by atoms with van der Waals surface area (Å²) < 4.78 is 41.7. The van der Waals surface area contributed by atoms with Crippen LogP contribution >= 0.6 is 0 Å². The van der Waals surface area contributed by atoms with E-state index in [0.29, 0.717) is 25.2 Å². The number of benzene rings is 1. The summed E-state index contributed by atoms with van der Waals surface area (Å²) in [5.41, 5.74) is 6.57. The first-order valence-electron chi connectivity index (χ1n) is 6.66. The minimum Gasteiger partial charge on any atom is -0.330 e. The number of rotatable bonds is 4. The van der Waals surface area contributed by atoms with E-state index in [1.807, 2.05) is 0 Å². The summed E-state index contributed by atoms with van der Waals surface area (Å²) in [6, 6.07) is 4.04. The quantitative estimate of drug-likeness (QED) is 0.884. The summed E-state index contributed by atoms with van der Waals surface area (Å²) in [6.07, 6.45) is 1.74. The molecule has 7 heteroatoms. The molecule has 0 amide bonds. The monoisotopic (exact) mass is 301 g/mol. The molecule has 2 rings (SSSR count). The molecule has 0 saturated carbocycles. The van der Waals surface area contributed by atoms with E-state index in [1.54, 1.807) is 13.0 Å². The predicted molar refractivity (Wildman–Crippen MR) is 77.0 cm³/mol. The summed E-state index contributed by atoms with van der Waals surface area (Å²) in [6.45, 7) is 3.10. The summed E-state index contributed by atoms with van der Waals surface area (Å²) in [4.78, 5) is 0. The van der Waals surface area contributed by atoms with Gasteiger partial charge in [0.05, 0.1) is 5.69 Å². The van der Waals surface area contributed by atoms with Crippen molar-refractivity contribution in [2.45, 2.75) is 19.8 Å². The number of nitrogens with one attached hydrogen (secondary N) is 1. The van der Waals surface area contributed by atoms with Crippen molar-refractivity contribution in [3.8, 4) is 0 Å². The molecule has 1 aliphatic rings. The van der Waals surface area contributed by atoms with E-state index in [1.165, 1.54) is 16.4 Å². The van der Waals surface area contributed by atoms with Crippen molar-refractivity contribution in [3.05, 3.63) is 29.6 Å². The molecule has 0 radical (unpaired) electrons. The Kier molecular flexibility index (Phi) is 4.62. The van der Waals surface area contributed by atoms with Crippen molar-refractivity contribution in [2.24, 2.45) is 11.7 Å². The number of nitrogens with two attached hydrogens (primary N) is 1. The summed E-state index contributed by atoms with van der Waals surface area (Å²) >= 11 is 0. The average molecular weight is 301 g/mol. The van der Waals surface area contributed by atoms with Crippen LogP contribution < -0.4 is 10.5 Å². The molecule has 20 heavy (non-hydrogen) atoms. The Hall–Kier alpha value is -1.18. The molecule has 5 nitrogen and oxygen atoms in total. The van der Waals surface area contributed by atoms with Gasteiger partial charge in [0.25, 0.3) is 0 Å². The van der Waals surface area contributed by atoms with Crippen molar-refractivity contribution in [1.29, 1.82) is 0 Å². The van der Waals surface area contributed by atoms with Crippen LogP contribution in [0, 0.1) is 18.7 Å². The second kappa shape index (κ2) is 6.07. The topological polar surface area (TPSA) is 75.4 Å². The minimum atomic E-state index is -3.66. The van der Waals surface area contributed by atoms with Gasteiger partial charge >= 0.3 is 10.2 Å². The molecule has 1 aromatic carbocycles. The molecule has 1 aromatic rings. The Morgan fingerprint density at radius 3 is 2.95 bits per heavy atom. The first-order valence-corrected chi connectivity index (χ1v) is 8.10. The fraction of sp³-hybridized carbons (Fsp3) is 0.538. The molecule has 1 aliphatic heterocycles. The fourth-order valence-corrected chi connectivity index (χ4v) is 3.75. The van der Waals surface area contributed by atoms with Crippen molar-refractivity contribution in [1.82, 2.24) is 4.31 Å². The molecule has 1 heterocycles. The number of halogens is 1. The van der Waals surface area contributed by atoms with Gasteiger partial charge in [0.2, 0.25) is 0 Å². The average Bonchev–Trinajstić information content (AvgIpc) is 2.43. The van der Waals surface area contributed by atoms with Gasteiger partial charge in [-0.15, -0.1) is 0 Å². The highest BCUT2D eigenvalue weighted by atomic mass is 32.2. The Balaban J connectivity index is 2.16. The van der Waals surface area contributed by atoms with Crippen LogP contribution in [-0.2, 0) is 10.2 Å². The number of hydrogen-bond donors (Lipinski definition) is 2. The lowest BCUT2D eigenvalue weighted by atomic mass is 10.0. The zero-order valence-electron chi connectivity index (χ0n) is 11.5. The van der Waals surface area contributed by atoms with Gasteiger partial charge in [-0.25, -0.2) is 4.39 Å². The molecule has 1 atom stereocenters. The van der Waals surface area contributed by atoms with Crippen LogP contribution in [0.4, 0.5) is 10.1 Å². The normalized spacial score (nSPS) is 20.9. The third kappa shape index (κ3) is 3.47. The van der Waals surface area contributed by atoms with Crippen LogP contribution in [0.25, 0.3) is 0 Å². The van der Waals surface area contributed by atoms with Crippen LogP contribution in [-0.4, -0.2) is 32.4 Å². The number of anilines is 1. The van der Waals surface area contributed by atoms with Gasteiger partial charge < -0.3 is 5.73 Å². The first-order chi connectivity index (χ1) is 9.42. The lowest BCUT2D eigenvalue weighted by molar-refractivity contribution is 0.273. The van der Waals surface area contributed by atoms with Gasteiger partial charge in [0.1, 0.15) is 5.82 Å². The predicted octanol–water partition coefficient (Wildman–Crippen LogP) is 1.46.